The number of hydrogen-bond donors (Lipinski definition) is 2. The summed E-state index contributed by atoms with van der Waals surface area (Å²) in [6, 6.07) is 13.8. The highest BCUT2D eigenvalue weighted by molar-refractivity contribution is 6.31. The SMILES string of the molecule is Cc1ccc(C(CO)(CO)Cc2ccc(C)cc2Cl)cc1. The molecule has 2 N–H and O–H groups in total. The lowest BCUT2D eigenvalue weighted by atomic mass is 9.76. The topological polar surface area (TPSA) is 40.5 Å². The van der Waals surface area contributed by atoms with E-state index >= 15 is 0 Å². The van der Waals surface area contributed by atoms with Crippen LogP contribution in [0.5, 0.6) is 0 Å². The second kappa shape index (κ2) is 6.61. The largest absolute Gasteiger partial charge is 0.395 e. The molecule has 0 aromatic heterocycles. The van der Waals surface area contributed by atoms with Crippen molar-refractivity contribution in [1.29, 1.82) is 0 Å². The van der Waals surface area contributed by atoms with Crippen LogP contribution in [-0.4, -0.2) is 23.4 Å². The zero-order valence-corrected chi connectivity index (χ0v) is 13.2. The summed E-state index contributed by atoms with van der Waals surface area (Å²) in [7, 11) is 0. The minimum absolute atomic E-state index is 0.128. The molecule has 0 spiro atoms. The molecule has 21 heavy (non-hydrogen) atoms. The summed E-state index contributed by atoms with van der Waals surface area (Å²) in [5.41, 5.74) is 3.39. The van der Waals surface area contributed by atoms with Gasteiger partial charge in [-0.25, -0.2) is 0 Å². The molecule has 0 bridgehead atoms. The summed E-state index contributed by atoms with van der Waals surface area (Å²) >= 11 is 6.30. The molecule has 0 radical (unpaired) electrons. The highest BCUT2D eigenvalue weighted by Gasteiger charge is 2.32. The van der Waals surface area contributed by atoms with Gasteiger partial charge in [0.05, 0.1) is 13.2 Å². The van der Waals surface area contributed by atoms with Crippen LogP contribution < -0.4 is 0 Å². The maximum atomic E-state index is 9.90. The minimum Gasteiger partial charge on any atom is -0.395 e. The van der Waals surface area contributed by atoms with E-state index in [1.165, 1.54) is 0 Å². The van der Waals surface area contributed by atoms with Crippen LogP contribution in [0.2, 0.25) is 5.02 Å². The fraction of sp³-hybridized carbons (Fsp3) is 0.333. The van der Waals surface area contributed by atoms with Gasteiger partial charge in [-0.1, -0.05) is 53.6 Å². The minimum atomic E-state index is -0.716. The molecule has 0 saturated heterocycles. The van der Waals surface area contributed by atoms with Crippen LogP contribution in [0.25, 0.3) is 0 Å². The number of aliphatic hydroxyl groups is 2. The first-order chi connectivity index (χ1) is 10.0. The molecule has 0 fully saturated rings. The van der Waals surface area contributed by atoms with Crippen molar-refractivity contribution in [1.82, 2.24) is 0 Å². The molecule has 0 atom stereocenters. The van der Waals surface area contributed by atoms with Crippen molar-refractivity contribution in [2.24, 2.45) is 0 Å². The van der Waals surface area contributed by atoms with E-state index in [4.69, 9.17) is 11.6 Å². The van der Waals surface area contributed by atoms with Crippen molar-refractivity contribution in [3.63, 3.8) is 0 Å². The standard InChI is InChI=1S/C18H21ClO2/c1-13-4-7-16(8-5-13)18(11-20,12-21)10-15-6-3-14(2)9-17(15)19/h3-9,20-21H,10-12H2,1-2H3. The summed E-state index contributed by atoms with van der Waals surface area (Å²) < 4.78 is 0. The Morgan fingerprint density at radius 2 is 1.48 bits per heavy atom. The smallest absolute Gasteiger partial charge is 0.0553 e. The van der Waals surface area contributed by atoms with E-state index in [2.05, 4.69) is 0 Å². The zero-order chi connectivity index (χ0) is 15.5. The Morgan fingerprint density at radius 1 is 0.905 bits per heavy atom. The van der Waals surface area contributed by atoms with E-state index in [0.29, 0.717) is 11.4 Å². The van der Waals surface area contributed by atoms with Gasteiger partial charge in [-0.2, -0.15) is 0 Å². The molecule has 2 nitrogen and oxygen atoms in total. The van der Waals surface area contributed by atoms with Gasteiger partial charge >= 0.3 is 0 Å². The maximum absolute atomic E-state index is 9.90. The van der Waals surface area contributed by atoms with Crippen molar-refractivity contribution in [3.8, 4) is 0 Å². The van der Waals surface area contributed by atoms with E-state index in [1.54, 1.807) is 0 Å². The first-order valence-corrected chi connectivity index (χ1v) is 7.42. The molecule has 112 valence electrons. The number of aryl methyl sites for hydroxylation is 2. The van der Waals surface area contributed by atoms with Gasteiger partial charge in [0, 0.05) is 10.4 Å². The molecule has 0 heterocycles. The van der Waals surface area contributed by atoms with Crippen LogP contribution >= 0.6 is 11.6 Å². The average Bonchev–Trinajstić information content (AvgIpc) is 2.48. The first kappa shape index (κ1) is 16.0. The number of hydrogen-bond acceptors (Lipinski definition) is 2. The lowest BCUT2D eigenvalue weighted by molar-refractivity contribution is 0.116. The molecule has 0 saturated carbocycles. The van der Waals surface area contributed by atoms with Crippen LogP contribution in [-0.2, 0) is 11.8 Å². The predicted octanol–water partition coefficient (Wildman–Crippen LogP) is 3.42. The van der Waals surface area contributed by atoms with Crippen LogP contribution in [0.1, 0.15) is 22.3 Å². The molecular formula is C18H21ClO2. The van der Waals surface area contributed by atoms with E-state index in [0.717, 1.165) is 22.3 Å². The monoisotopic (exact) mass is 304 g/mol. The van der Waals surface area contributed by atoms with Crippen LogP contribution in [0.3, 0.4) is 0 Å². The van der Waals surface area contributed by atoms with Gasteiger partial charge in [0.1, 0.15) is 0 Å². The third kappa shape index (κ3) is 3.46. The van der Waals surface area contributed by atoms with Crippen LogP contribution in [0, 0.1) is 13.8 Å². The van der Waals surface area contributed by atoms with Gasteiger partial charge in [-0.15, -0.1) is 0 Å². The number of halogens is 1. The molecule has 2 rings (SSSR count). The van der Waals surface area contributed by atoms with Crippen molar-refractivity contribution in [3.05, 3.63) is 69.7 Å². The van der Waals surface area contributed by atoms with Crippen molar-refractivity contribution < 1.29 is 10.2 Å². The predicted molar refractivity (Wildman–Crippen MR) is 86.9 cm³/mol. The van der Waals surface area contributed by atoms with Crippen LogP contribution in [0.15, 0.2) is 42.5 Å². The van der Waals surface area contributed by atoms with Gasteiger partial charge in [0.25, 0.3) is 0 Å². The summed E-state index contributed by atoms with van der Waals surface area (Å²) in [6.07, 6.45) is 0.502. The first-order valence-electron chi connectivity index (χ1n) is 7.05. The molecule has 0 amide bonds. The van der Waals surface area contributed by atoms with Crippen molar-refractivity contribution >= 4 is 11.6 Å². The van der Waals surface area contributed by atoms with E-state index < -0.39 is 5.41 Å². The summed E-state index contributed by atoms with van der Waals surface area (Å²) in [4.78, 5) is 0. The highest BCUT2D eigenvalue weighted by atomic mass is 35.5. The fourth-order valence-corrected chi connectivity index (χ4v) is 2.82. The van der Waals surface area contributed by atoms with Gasteiger partial charge in [-0.05, 0) is 43.0 Å². The Labute approximate surface area is 131 Å². The van der Waals surface area contributed by atoms with Gasteiger partial charge in [-0.3, -0.25) is 0 Å². The Hall–Kier alpha value is -1.35. The fourth-order valence-electron chi connectivity index (χ4n) is 2.51. The molecule has 2 aromatic carbocycles. The van der Waals surface area contributed by atoms with Crippen LogP contribution in [0.4, 0.5) is 0 Å². The Morgan fingerprint density at radius 3 is 2.00 bits per heavy atom. The van der Waals surface area contributed by atoms with Gasteiger partial charge < -0.3 is 10.2 Å². The second-order valence-electron chi connectivity index (χ2n) is 5.73. The number of rotatable bonds is 5. The molecule has 0 unspecified atom stereocenters. The Balaban J connectivity index is 2.40. The van der Waals surface area contributed by atoms with Gasteiger partial charge in [0.15, 0.2) is 0 Å². The molecule has 0 aliphatic rings. The molecule has 0 aliphatic carbocycles. The normalized spacial score (nSPS) is 11.7. The zero-order valence-electron chi connectivity index (χ0n) is 12.4. The third-order valence-corrected chi connectivity index (χ3v) is 4.36. The molecular weight excluding hydrogens is 284 g/mol. The number of benzene rings is 2. The van der Waals surface area contributed by atoms with E-state index in [1.807, 2.05) is 56.3 Å². The lowest BCUT2D eigenvalue weighted by Gasteiger charge is -2.31. The quantitative estimate of drug-likeness (QED) is 0.888. The summed E-state index contributed by atoms with van der Waals surface area (Å²) in [6.45, 7) is 3.74. The molecule has 0 aliphatic heterocycles. The maximum Gasteiger partial charge on any atom is 0.0553 e. The van der Waals surface area contributed by atoms with Gasteiger partial charge in [0.2, 0.25) is 0 Å². The second-order valence-corrected chi connectivity index (χ2v) is 6.14. The van der Waals surface area contributed by atoms with E-state index in [9.17, 15) is 10.2 Å². The summed E-state index contributed by atoms with van der Waals surface area (Å²) in [5.74, 6) is 0. The molecule has 2 aromatic rings. The average molecular weight is 305 g/mol. The van der Waals surface area contributed by atoms with Crippen molar-refractivity contribution in [2.45, 2.75) is 25.7 Å². The van der Waals surface area contributed by atoms with Crippen molar-refractivity contribution in [2.75, 3.05) is 13.2 Å². The Bertz CT molecular complexity index is 601. The van der Waals surface area contributed by atoms with E-state index in [-0.39, 0.29) is 13.2 Å². The summed E-state index contributed by atoms with van der Waals surface area (Å²) in [5, 5.41) is 20.5. The number of aliphatic hydroxyl groups excluding tert-OH is 2. The molecule has 3 heteroatoms. The highest BCUT2D eigenvalue weighted by Crippen LogP contribution is 2.31. The third-order valence-electron chi connectivity index (χ3n) is 4.01. The Kier molecular flexibility index (Phi) is 5.04. The lowest BCUT2D eigenvalue weighted by Crippen LogP contribution is -2.37.